The topological polar surface area (TPSA) is 25.4 Å². The third kappa shape index (κ3) is 3.21. The van der Waals surface area contributed by atoms with Gasteiger partial charge in [0, 0.05) is 23.8 Å². The molecule has 0 N–H and O–H groups in total. The van der Waals surface area contributed by atoms with Crippen molar-refractivity contribution >= 4 is 28.2 Å². The van der Waals surface area contributed by atoms with Gasteiger partial charge in [-0.1, -0.05) is 23.7 Å². The van der Waals surface area contributed by atoms with Gasteiger partial charge in [0.2, 0.25) is 0 Å². The Labute approximate surface area is 157 Å². The highest BCUT2D eigenvalue weighted by molar-refractivity contribution is 6.36. The van der Waals surface area contributed by atoms with Gasteiger partial charge in [0.15, 0.2) is 0 Å². The molecule has 0 aliphatic carbocycles. The van der Waals surface area contributed by atoms with E-state index < -0.39 is 0 Å². The molecule has 4 rings (SSSR count). The van der Waals surface area contributed by atoms with E-state index in [1.807, 2.05) is 25.3 Å². The van der Waals surface area contributed by atoms with Crippen molar-refractivity contribution in [2.45, 2.75) is 25.8 Å². The number of anilines is 1. The lowest BCUT2D eigenvalue weighted by atomic mass is 10.1. The Morgan fingerprint density at radius 1 is 1.19 bits per heavy atom. The molecule has 1 saturated heterocycles. The maximum atomic E-state index is 13.0. The summed E-state index contributed by atoms with van der Waals surface area (Å²) in [5.41, 5.74) is 3.01. The molecule has 1 fully saturated rings. The second-order valence-corrected chi connectivity index (χ2v) is 7.06. The Hall–Kier alpha value is -2.33. The maximum absolute atomic E-state index is 13.0. The number of halogens is 2. The lowest BCUT2D eigenvalue weighted by Crippen LogP contribution is -2.34. The molecule has 1 aromatic heterocycles. The predicted octanol–water partition coefficient (Wildman–Crippen LogP) is 5.38. The average molecular weight is 371 g/mol. The van der Waals surface area contributed by atoms with Crippen LogP contribution in [0.1, 0.15) is 18.4 Å². The Balaban J connectivity index is 1.59. The molecule has 0 amide bonds. The molecule has 26 heavy (non-hydrogen) atoms. The average Bonchev–Trinajstić information content (AvgIpc) is 3.12. The summed E-state index contributed by atoms with van der Waals surface area (Å²) in [6.45, 7) is 3.53. The van der Waals surface area contributed by atoms with Crippen LogP contribution >= 0.6 is 11.6 Å². The number of ether oxygens (including phenoxy) is 1. The van der Waals surface area contributed by atoms with Gasteiger partial charge in [-0.2, -0.15) is 0 Å². The van der Waals surface area contributed by atoms with Gasteiger partial charge in [0.05, 0.1) is 16.6 Å². The molecule has 0 saturated carbocycles. The number of benzene rings is 2. The fraction of sp³-hybridized carbons (Fsp3) is 0.286. The third-order valence-electron chi connectivity index (χ3n) is 4.96. The first-order valence-corrected chi connectivity index (χ1v) is 9.20. The maximum Gasteiger partial charge on any atom is 0.123 e. The Morgan fingerprint density at radius 2 is 2.00 bits per heavy atom. The number of rotatable bonds is 4. The second-order valence-electron chi connectivity index (χ2n) is 6.68. The van der Waals surface area contributed by atoms with Gasteiger partial charge in [-0.15, -0.1) is 0 Å². The van der Waals surface area contributed by atoms with Crippen molar-refractivity contribution in [2.24, 2.45) is 0 Å². The van der Waals surface area contributed by atoms with E-state index in [1.54, 1.807) is 12.1 Å². The SMILES string of the molecule is Cc1ccc2c(N3CCC[C@H]3COc3ccc(F)cc3)ccnc2c1Cl. The molecule has 5 heteroatoms. The van der Waals surface area contributed by atoms with Crippen LogP contribution in [0.3, 0.4) is 0 Å². The van der Waals surface area contributed by atoms with Crippen LogP contribution in [-0.2, 0) is 0 Å². The van der Waals surface area contributed by atoms with E-state index in [0.29, 0.717) is 17.4 Å². The highest BCUT2D eigenvalue weighted by atomic mass is 35.5. The summed E-state index contributed by atoms with van der Waals surface area (Å²) in [6, 6.07) is 12.6. The van der Waals surface area contributed by atoms with Gasteiger partial charge in [0.25, 0.3) is 0 Å². The van der Waals surface area contributed by atoms with Crippen LogP contribution in [-0.4, -0.2) is 24.2 Å². The normalized spacial score (nSPS) is 17.0. The summed E-state index contributed by atoms with van der Waals surface area (Å²) in [5, 5.41) is 1.78. The largest absolute Gasteiger partial charge is 0.491 e. The van der Waals surface area contributed by atoms with Crippen molar-refractivity contribution in [3.63, 3.8) is 0 Å². The molecule has 1 aliphatic rings. The van der Waals surface area contributed by atoms with Crippen LogP contribution in [0, 0.1) is 12.7 Å². The summed E-state index contributed by atoms with van der Waals surface area (Å²) < 4.78 is 18.9. The minimum atomic E-state index is -0.254. The molecule has 0 unspecified atom stereocenters. The van der Waals surface area contributed by atoms with E-state index in [9.17, 15) is 4.39 Å². The summed E-state index contributed by atoms with van der Waals surface area (Å²) in [7, 11) is 0. The Kier molecular flexibility index (Phi) is 4.68. The zero-order chi connectivity index (χ0) is 18.1. The van der Waals surface area contributed by atoms with Crippen LogP contribution in [0.4, 0.5) is 10.1 Å². The van der Waals surface area contributed by atoms with Crippen molar-refractivity contribution < 1.29 is 9.13 Å². The molecule has 2 heterocycles. The molecule has 3 aromatic rings. The summed E-state index contributed by atoms with van der Waals surface area (Å²) in [6.07, 6.45) is 3.99. The van der Waals surface area contributed by atoms with Crippen molar-refractivity contribution in [1.29, 1.82) is 0 Å². The van der Waals surface area contributed by atoms with Gasteiger partial charge < -0.3 is 9.64 Å². The van der Waals surface area contributed by atoms with Crippen molar-refractivity contribution in [3.05, 3.63) is 65.1 Å². The number of aryl methyl sites for hydroxylation is 1. The molecule has 3 nitrogen and oxygen atoms in total. The van der Waals surface area contributed by atoms with Crippen LogP contribution < -0.4 is 9.64 Å². The number of hydrogen-bond donors (Lipinski definition) is 0. The number of pyridine rings is 1. The van der Waals surface area contributed by atoms with Crippen LogP contribution in [0.5, 0.6) is 5.75 Å². The molecule has 0 radical (unpaired) electrons. The number of aromatic nitrogens is 1. The zero-order valence-corrected chi connectivity index (χ0v) is 15.3. The van der Waals surface area contributed by atoms with Crippen LogP contribution in [0.25, 0.3) is 10.9 Å². The van der Waals surface area contributed by atoms with Gasteiger partial charge in [-0.3, -0.25) is 4.98 Å². The van der Waals surface area contributed by atoms with Gasteiger partial charge in [0.1, 0.15) is 18.2 Å². The van der Waals surface area contributed by atoms with Crippen LogP contribution in [0.2, 0.25) is 5.02 Å². The first-order valence-electron chi connectivity index (χ1n) is 8.82. The fourth-order valence-electron chi connectivity index (χ4n) is 3.57. The van der Waals surface area contributed by atoms with Gasteiger partial charge in [-0.05, 0) is 55.7 Å². The number of nitrogens with zero attached hydrogens (tertiary/aromatic N) is 2. The standard InChI is InChI=1S/C21H20ClFN2O/c1-14-4-9-18-19(10-11-24-21(18)20(14)22)25-12-2-3-16(25)13-26-17-7-5-15(23)6-8-17/h4-11,16H,2-3,12-13H2,1H3/t16-/m0/s1. The first kappa shape index (κ1) is 17.1. The van der Waals surface area contributed by atoms with Gasteiger partial charge in [-0.25, -0.2) is 4.39 Å². The quantitative estimate of drug-likeness (QED) is 0.616. The summed E-state index contributed by atoms with van der Waals surface area (Å²) in [5.74, 6) is 0.437. The summed E-state index contributed by atoms with van der Waals surface area (Å²) >= 11 is 6.46. The minimum absolute atomic E-state index is 0.254. The van der Waals surface area contributed by atoms with E-state index in [1.165, 1.54) is 12.1 Å². The van der Waals surface area contributed by atoms with E-state index in [-0.39, 0.29) is 11.9 Å². The molecule has 1 aliphatic heterocycles. The molecule has 1 atom stereocenters. The first-order chi connectivity index (χ1) is 12.6. The lowest BCUT2D eigenvalue weighted by molar-refractivity contribution is 0.288. The molecule has 2 aromatic carbocycles. The Bertz CT molecular complexity index is 929. The number of hydrogen-bond acceptors (Lipinski definition) is 3. The minimum Gasteiger partial charge on any atom is -0.491 e. The lowest BCUT2D eigenvalue weighted by Gasteiger charge is -2.28. The molecular weight excluding hydrogens is 351 g/mol. The fourth-order valence-corrected chi connectivity index (χ4v) is 3.78. The zero-order valence-electron chi connectivity index (χ0n) is 14.6. The van der Waals surface area contributed by atoms with E-state index >= 15 is 0 Å². The van der Waals surface area contributed by atoms with Crippen molar-refractivity contribution in [1.82, 2.24) is 4.98 Å². The second kappa shape index (κ2) is 7.12. The van der Waals surface area contributed by atoms with E-state index in [4.69, 9.17) is 16.3 Å². The molecule has 0 bridgehead atoms. The van der Waals surface area contributed by atoms with Crippen molar-refractivity contribution in [2.75, 3.05) is 18.1 Å². The smallest absolute Gasteiger partial charge is 0.123 e. The third-order valence-corrected chi connectivity index (χ3v) is 5.44. The highest BCUT2D eigenvalue weighted by Gasteiger charge is 2.27. The van der Waals surface area contributed by atoms with E-state index in [0.717, 1.165) is 41.5 Å². The van der Waals surface area contributed by atoms with Gasteiger partial charge >= 0.3 is 0 Å². The monoisotopic (exact) mass is 370 g/mol. The molecule has 134 valence electrons. The predicted molar refractivity (Wildman–Crippen MR) is 104 cm³/mol. The number of fused-ring (bicyclic) bond motifs is 1. The summed E-state index contributed by atoms with van der Waals surface area (Å²) in [4.78, 5) is 6.85. The van der Waals surface area contributed by atoms with Crippen molar-refractivity contribution in [3.8, 4) is 5.75 Å². The van der Waals surface area contributed by atoms with Crippen LogP contribution in [0.15, 0.2) is 48.7 Å². The highest BCUT2D eigenvalue weighted by Crippen LogP contribution is 2.35. The van der Waals surface area contributed by atoms with E-state index in [2.05, 4.69) is 16.0 Å². The molecule has 0 spiro atoms. The molecular formula is C21H20ClFN2O. The Morgan fingerprint density at radius 3 is 2.81 bits per heavy atom.